The van der Waals surface area contributed by atoms with Crippen molar-refractivity contribution in [1.29, 1.82) is 0 Å². The van der Waals surface area contributed by atoms with E-state index in [0.29, 0.717) is 11.3 Å². The third kappa shape index (κ3) is 3.05. The molecule has 9 nitrogen and oxygen atoms in total. The number of esters is 1. The predicted octanol–water partition coefficient (Wildman–Crippen LogP) is -0.596. The van der Waals surface area contributed by atoms with Gasteiger partial charge in [0.2, 0.25) is 0 Å². The molecule has 0 saturated carbocycles. The van der Waals surface area contributed by atoms with Crippen LogP contribution >= 0.6 is 11.3 Å². The third-order valence-corrected chi connectivity index (χ3v) is 6.02. The first-order valence-electron chi connectivity index (χ1n) is 5.74. The van der Waals surface area contributed by atoms with E-state index in [2.05, 4.69) is 9.72 Å². The normalized spacial score (nSPS) is 20.1. The summed E-state index contributed by atoms with van der Waals surface area (Å²) in [7, 11) is -2.88. The zero-order valence-electron chi connectivity index (χ0n) is 10.9. The minimum absolute atomic E-state index is 0.0141. The average Bonchev–Trinajstić information content (AvgIpc) is 2.97. The summed E-state index contributed by atoms with van der Waals surface area (Å²) in [6, 6.07) is 0. The zero-order chi connectivity index (χ0) is 15.6. The largest absolute Gasteiger partial charge is 0.476 e. The minimum Gasteiger partial charge on any atom is -0.476 e. The molecule has 1 fully saturated rings. The Morgan fingerprint density at radius 3 is 2.90 bits per heavy atom. The summed E-state index contributed by atoms with van der Waals surface area (Å²) < 4.78 is 35.2. The van der Waals surface area contributed by atoms with Gasteiger partial charge in [-0.25, -0.2) is 23.0 Å². The van der Waals surface area contributed by atoms with Crippen LogP contribution in [0.5, 0.6) is 0 Å². The maximum Gasteiger partial charge on any atom is 0.356 e. The number of morpholine rings is 1. The van der Waals surface area contributed by atoms with Crippen LogP contribution in [-0.2, 0) is 24.3 Å². The summed E-state index contributed by atoms with van der Waals surface area (Å²) in [4.78, 5) is 26.0. The number of sulfonamides is 1. The van der Waals surface area contributed by atoms with Crippen LogP contribution < -0.4 is 0 Å². The maximum absolute atomic E-state index is 12.5. The molecule has 1 atom stereocenters. The van der Waals surface area contributed by atoms with Gasteiger partial charge in [0.25, 0.3) is 10.0 Å². The molecule has 1 aromatic rings. The second-order valence-corrected chi connectivity index (χ2v) is 7.03. The molecule has 116 valence electrons. The number of rotatable bonds is 4. The molecule has 1 aliphatic heterocycles. The van der Waals surface area contributed by atoms with Crippen molar-refractivity contribution in [3.63, 3.8) is 0 Å². The van der Waals surface area contributed by atoms with E-state index in [1.54, 1.807) is 0 Å². The highest BCUT2D eigenvalue weighted by molar-refractivity contribution is 7.91. The molecule has 1 aromatic heterocycles. The second kappa shape index (κ2) is 6.05. The van der Waals surface area contributed by atoms with Crippen LogP contribution in [0.3, 0.4) is 0 Å². The number of thiazole rings is 1. The van der Waals surface area contributed by atoms with Gasteiger partial charge < -0.3 is 14.6 Å². The summed E-state index contributed by atoms with van der Waals surface area (Å²) in [6.45, 7) is -0.195. The van der Waals surface area contributed by atoms with Gasteiger partial charge in [-0.15, -0.1) is 11.3 Å². The first-order valence-corrected chi connectivity index (χ1v) is 8.06. The molecule has 11 heteroatoms. The third-order valence-electron chi connectivity index (χ3n) is 2.80. The Morgan fingerprint density at radius 2 is 2.29 bits per heavy atom. The number of ether oxygens (including phenoxy) is 2. The Hall–Kier alpha value is -1.56. The highest BCUT2D eigenvalue weighted by Gasteiger charge is 2.37. The van der Waals surface area contributed by atoms with Crippen LogP contribution in [0, 0.1) is 0 Å². The zero-order valence-corrected chi connectivity index (χ0v) is 12.5. The molecule has 1 unspecified atom stereocenters. The standard InChI is InChI=1S/C10H12N2O7S2/c1-18-9(15)6-4-12(2-3-19-6)21(16,17)10-7(8(13)14)11-5-20-10/h5-6H,2-4H2,1H3,(H,13,14). The van der Waals surface area contributed by atoms with Gasteiger partial charge in [0.05, 0.1) is 25.8 Å². The number of hydrogen-bond acceptors (Lipinski definition) is 8. The summed E-state index contributed by atoms with van der Waals surface area (Å²) in [6.07, 6.45) is -1.03. The van der Waals surface area contributed by atoms with Crippen LogP contribution in [0.25, 0.3) is 0 Å². The summed E-state index contributed by atoms with van der Waals surface area (Å²) in [5, 5.41) is 8.96. The lowest BCUT2D eigenvalue weighted by atomic mass is 10.3. The van der Waals surface area contributed by atoms with Gasteiger partial charge in [-0.3, -0.25) is 0 Å². The van der Waals surface area contributed by atoms with Crippen LogP contribution in [0.1, 0.15) is 10.5 Å². The van der Waals surface area contributed by atoms with Crippen molar-refractivity contribution in [2.24, 2.45) is 0 Å². The lowest BCUT2D eigenvalue weighted by Gasteiger charge is -2.30. The Morgan fingerprint density at radius 1 is 1.57 bits per heavy atom. The maximum atomic E-state index is 12.5. The van der Waals surface area contributed by atoms with Crippen molar-refractivity contribution in [2.45, 2.75) is 10.3 Å². The number of carbonyl (C=O) groups is 2. The van der Waals surface area contributed by atoms with Crippen molar-refractivity contribution in [1.82, 2.24) is 9.29 Å². The van der Waals surface area contributed by atoms with E-state index in [1.165, 1.54) is 7.11 Å². The Bertz CT molecular complexity index is 654. The molecule has 0 radical (unpaired) electrons. The lowest BCUT2D eigenvalue weighted by Crippen LogP contribution is -2.48. The summed E-state index contributed by atoms with van der Waals surface area (Å²) in [5.74, 6) is -2.11. The van der Waals surface area contributed by atoms with Crippen LogP contribution in [-0.4, -0.2) is 67.7 Å². The van der Waals surface area contributed by atoms with E-state index in [4.69, 9.17) is 9.84 Å². The van der Waals surface area contributed by atoms with E-state index in [1.807, 2.05) is 0 Å². The van der Waals surface area contributed by atoms with E-state index in [0.717, 1.165) is 9.82 Å². The fraction of sp³-hybridized carbons (Fsp3) is 0.500. The van der Waals surface area contributed by atoms with E-state index < -0.39 is 33.8 Å². The summed E-state index contributed by atoms with van der Waals surface area (Å²) >= 11 is 0.715. The molecule has 2 rings (SSSR count). The number of carboxylic acids is 1. The Kier molecular flexibility index (Phi) is 4.56. The number of nitrogens with zero attached hydrogens (tertiary/aromatic N) is 2. The molecule has 0 bridgehead atoms. The topological polar surface area (TPSA) is 123 Å². The van der Waals surface area contributed by atoms with Crippen LogP contribution in [0.2, 0.25) is 0 Å². The molecule has 0 amide bonds. The molecule has 0 aliphatic carbocycles. The SMILES string of the molecule is COC(=O)C1CN(S(=O)(=O)c2scnc2C(=O)O)CCO1. The predicted molar refractivity (Wildman–Crippen MR) is 69.6 cm³/mol. The van der Waals surface area contributed by atoms with Gasteiger partial charge in [-0.1, -0.05) is 0 Å². The minimum atomic E-state index is -4.05. The second-order valence-electron chi connectivity index (χ2n) is 4.04. The molecular formula is C10H12N2O7S2. The molecule has 1 saturated heterocycles. The Balaban J connectivity index is 2.29. The molecule has 0 spiro atoms. The first-order chi connectivity index (χ1) is 9.87. The van der Waals surface area contributed by atoms with Gasteiger partial charge in [0, 0.05) is 6.54 Å². The van der Waals surface area contributed by atoms with Gasteiger partial charge >= 0.3 is 11.9 Å². The highest BCUT2D eigenvalue weighted by atomic mass is 32.2. The first kappa shape index (κ1) is 15.8. The van der Waals surface area contributed by atoms with Crippen LogP contribution in [0.4, 0.5) is 0 Å². The number of carboxylic acid groups (broad SMARTS) is 1. The molecular weight excluding hydrogens is 324 g/mol. The molecule has 1 N–H and O–H groups in total. The highest BCUT2D eigenvalue weighted by Crippen LogP contribution is 2.25. The van der Waals surface area contributed by atoms with Crippen molar-refractivity contribution in [2.75, 3.05) is 26.8 Å². The van der Waals surface area contributed by atoms with Gasteiger partial charge in [0.15, 0.2) is 16.0 Å². The summed E-state index contributed by atoms with van der Waals surface area (Å²) in [5.41, 5.74) is 0.621. The molecule has 2 heterocycles. The fourth-order valence-electron chi connectivity index (χ4n) is 1.80. The van der Waals surface area contributed by atoms with Gasteiger partial charge in [-0.05, 0) is 0 Å². The van der Waals surface area contributed by atoms with Crippen molar-refractivity contribution in [3.8, 4) is 0 Å². The number of methoxy groups -OCH3 is 1. The van der Waals surface area contributed by atoms with Crippen molar-refractivity contribution >= 4 is 33.3 Å². The van der Waals surface area contributed by atoms with Crippen molar-refractivity contribution < 1.29 is 32.6 Å². The molecule has 0 aromatic carbocycles. The van der Waals surface area contributed by atoms with E-state index in [-0.39, 0.29) is 23.9 Å². The van der Waals surface area contributed by atoms with Crippen molar-refractivity contribution in [3.05, 3.63) is 11.2 Å². The van der Waals surface area contributed by atoms with Crippen LogP contribution in [0.15, 0.2) is 9.72 Å². The van der Waals surface area contributed by atoms with Gasteiger partial charge in [0.1, 0.15) is 0 Å². The van der Waals surface area contributed by atoms with Gasteiger partial charge in [-0.2, -0.15) is 4.31 Å². The number of carbonyl (C=O) groups excluding carboxylic acids is 1. The lowest BCUT2D eigenvalue weighted by molar-refractivity contribution is -0.157. The Labute approximate surface area is 124 Å². The fourth-order valence-corrected chi connectivity index (χ4v) is 4.50. The molecule has 21 heavy (non-hydrogen) atoms. The number of aromatic carboxylic acids is 1. The van der Waals surface area contributed by atoms with E-state index in [9.17, 15) is 18.0 Å². The monoisotopic (exact) mass is 336 g/mol. The molecule has 1 aliphatic rings. The van der Waals surface area contributed by atoms with E-state index >= 15 is 0 Å². The quantitative estimate of drug-likeness (QED) is 0.723. The smallest absolute Gasteiger partial charge is 0.356 e. The number of aromatic nitrogens is 1. The average molecular weight is 336 g/mol. The number of hydrogen-bond donors (Lipinski definition) is 1.